The molecule has 0 N–H and O–H groups in total. The first-order chi connectivity index (χ1) is 25.8. The lowest BCUT2D eigenvalue weighted by atomic mass is 9.91. The lowest BCUT2D eigenvalue weighted by Gasteiger charge is -2.27. The molecule has 0 spiro atoms. The number of para-hydroxylation sites is 2. The molecule has 0 bridgehead atoms. The van der Waals surface area contributed by atoms with Gasteiger partial charge in [-0.15, -0.1) is 0 Å². The molecule has 1 aromatic heterocycles. The predicted octanol–water partition coefficient (Wildman–Crippen LogP) is 14.0. The van der Waals surface area contributed by atoms with Crippen molar-refractivity contribution in [1.29, 1.82) is 0 Å². The molecular weight excluding hydrogens is 629 g/mol. The van der Waals surface area contributed by atoms with E-state index in [1.807, 2.05) is 0 Å². The summed E-state index contributed by atoms with van der Waals surface area (Å²) >= 11 is 0. The molecule has 10 aromatic carbocycles. The Kier molecular flexibility index (Phi) is 6.28. The van der Waals surface area contributed by atoms with Crippen molar-refractivity contribution in [3.63, 3.8) is 0 Å². The van der Waals surface area contributed by atoms with Crippen LogP contribution in [0.3, 0.4) is 0 Å². The number of aromatic nitrogens is 1. The van der Waals surface area contributed by atoms with Crippen molar-refractivity contribution in [2.75, 3.05) is 4.90 Å². The summed E-state index contributed by atoms with van der Waals surface area (Å²) in [4.78, 5) is 2.36. The van der Waals surface area contributed by atoms with Crippen LogP contribution in [0.5, 0.6) is 0 Å². The van der Waals surface area contributed by atoms with E-state index in [-0.39, 0.29) is 0 Å². The molecular formula is C50H32N2. The second-order valence-electron chi connectivity index (χ2n) is 13.7. The van der Waals surface area contributed by atoms with E-state index in [1.165, 1.54) is 81.7 Å². The Hall–Kier alpha value is -6.90. The van der Waals surface area contributed by atoms with Gasteiger partial charge in [0.15, 0.2) is 0 Å². The van der Waals surface area contributed by atoms with E-state index in [1.54, 1.807) is 0 Å². The second-order valence-corrected chi connectivity index (χ2v) is 13.7. The number of anilines is 3. The molecule has 52 heavy (non-hydrogen) atoms. The van der Waals surface area contributed by atoms with Gasteiger partial charge in [0.2, 0.25) is 0 Å². The standard InChI is InChI=1S/C50H32N2/c1-3-15-39(16-4-1)51(45-20-10-12-34-11-7-8-19-42(34)45)41-27-23-33(24-28-41)37-26-30-46-44(31-37)50-43-29-25-36-14-9-13-35-21-22-38(49(43)48(35)36)32-47(50)52(46)40-17-5-2-6-18-40/h1-32H. The molecule has 11 rings (SSSR count). The highest BCUT2D eigenvalue weighted by Gasteiger charge is 2.20. The number of benzene rings is 10. The normalized spacial score (nSPS) is 11.8. The fourth-order valence-corrected chi connectivity index (χ4v) is 8.56. The van der Waals surface area contributed by atoms with Gasteiger partial charge in [0.1, 0.15) is 0 Å². The Labute approximate surface area is 301 Å². The van der Waals surface area contributed by atoms with E-state index in [2.05, 4.69) is 204 Å². The molecule has 242 valence electrons. The van der Waals surface area contributed by atoms with Gasteiger partial charge in [0.05, 0.1) is 16.7 Å². The van der Waals surface area contributed by atoms with Gasteiger partial charge in [-0.25, -0.2) is 0 Å². The molecule has 2 nitrogen and oxygen atoms in total. The minimum Gasteiger partial charge on any atom is -0.310 e. The van der Waals surface area contributed by atoms with Gasteiger partial charge in [-0.2, -0.15) is 0 Å². The quantitative estimate of drug-likeness (QED) is 0.167. The van der Waals surface area contributed by atoms with Crippen LogP contribution in [0.15, 0.2) is 194 Å². The summed E-state index contributed by atoms with van der Waals surface area (Å²) in [5.41, 5.74) is 9.42. The van der Waals surface area contributed by atoms with Crippen LogP contribution < -0.4 is 4.90 Å². The van der Waals surface area contributed by atoms with Crippen molar-refractivity contribution >= 4 is 82.0 Å². The van der Waals surface area contributed by atoms with Crippen molar-refractivity contribution < 1.29 is 0 Å². The van der Waals surface area contributed by atoms with Crippen LogP contribution in [0.2, 0.25) is 0 Å². The summed E-state index contributed by atoms with van der Waals surface area (Å²) in [5.74, 6) is 0. The van der Waals surface area contributed by atoms with E-state index < -0.39 is 0 Å². The molecule has 1 heterocycles. The third-order valence-electron chi connectivity index (χ3n) is 10.9. The smallest absolute Gasteiger partial charge is 0.0553 e. The monoisotopic (exact) mass is 660 g/mol. The predicted molar refractivity (Wildman–Crippen MR) is 222 cm³/mol. The van der Waals surface area contributed by atoms with Gasteiger partial charge in [0.25, 0.3) is 0 Å². The lowest BCUT2D eigenvalue weighted by Crippen LogP contribution is -2.10. The van der Waals surface area contributed by atoms with Crippen LogP contribution in [0, 0.1) is 0 Å². The van der Waals surface area contributed by atoms with Gasteiger partial charge in [-0.05, 0) is 109 Å². The van der Waals surface area contributed by atoms with Crippen LogP contribution in [0.1, 0.15) is 0 Å². The zero-order valence-electron chi connectivity index (χ0n) is 28.4. The first-order valence-electron chi connectivity index (χ1n) is 17.9. The summed E-state index contributed by atoms with van der Waals surface area (Å²) in [5, 5.41) is 12.9. The first kappa shape index (κ1) is 28.9. The van der Waals surface area contributed by atoms with E-state index in [0.29, 0.717) is 0 Å². The van der Waals surface area contributed by atoms with Gasteiger partial charge in [-0.3, -0.25) is 0 Å². The van der Waals surface area contributed by atoms with E-state index in [9.17, 15) is 0 Å². The molecule has 0 aliphatic carbocycles. The van der Waals surface area contributed by atoms with Crippen LogP contribution in [0.4, 0.5) is 17.1 Å². The lowest BCUT2D eigenvalue weighted by molar-refractivity contribution is 1.18. The Balaban J connectivity index is 1.12. The topological polar surface area (TPSA) is 8.17 Å². The SMILES string of the molecule is c1ccc(N(c2ccc(-c3ccc4c(c3)c3c5ccc6cccc7ccc(cc3n4-c3ccccc3)c5c76)cc2)c2cccc3ccccc23)cc1. The van der Waals surface area contributed by atoms with Gasteiger partial charge >= 0.3 is 0 Å². The molecule has 11 aromatic rings. The highest BCUT2D eigenvalue weighted by Crippen LogP contribution is 2.45. The molecule has 0 aliphatic heterocycles. The van der Waals surface area contributed by atoms with Crippen molar-refractivity contribution in [2.24, 2.45) is 0 Å². The summed E-state index contributed by atoms with van der Waals surface area (Å²) in [7, 11) is 0. The maximum absolute atomic E-state index is 2.44. The van der Waals surface area contributed by atoms with Gasteiger partial charge < -0.3 is 9.47 Å². The highest BCUT2D eigenvalue weighted by molar-refractivity contribution is 6.33. The molecule has 0 amide bonds. The van der Waals surface area contributed by atoms with Crippen molar-refractivity contribution in [3.8, 4) is 16.8 Å². The van der Waals surface area contributed by atoms with E-state index >= 15 is 0 Å². The third-order valence-corrected chi connectivity index (χ3v) is 10.9. The van der Waals surface area contributed by atoms with Crippen LogP contribution in [-0.4, -0.2) is 4.57 Å². The fraction of sp³-hybridized carbons (Fsp3) is 0. The minimum atomic E-state index is 1.12. The molecule has 0 saturated carbocycles. The molecule has 0 radical (unpaired) electrons. The maximum Gasteiger partial charge on any atom is 0.0553 e. The zero-order chi connectivity index (χ0) is 34.2. The first-order valence-corrected chi connectivity index (χ1v) is 17.9. The third kappa shape index (κ3) is 4.31. The fourth-order valence-electron chi connectivity index (χ4n) is 8.56. The highest BCUT2D eigenvalue weighted by atomic mass is 15.1. The molecule has 0 saturated heterocycles. The maximum atomic E-state index is 2.44. The average molecular weight is 661 g/mol. The van der Waals surface area contributed by atoms with Crippen molar-refractivity contribution in [2.45, 2.75) is 0 Å². The van der Waals surface area contributed by atoms with Crippen molar-refractivity contribution in [3.05, 3.63) is 194 Å². The van der Waals surface area contributed by atoms with Crippen LogP contribution >= 0.6 is 0 Å². The molecule has 0 atom stereocenters. The van der Waals surface area contributed by atoms with Crippen LogP contribution in [0.25, 0.3) is 81.7 Å². The average Bonchev–Trinajstić information content (AvgIpc) is 3.54. The Morgan fingerprint density at radius 1 is 0.327 bits per heavy atom. The Morgan fingerprint density at radius 3 is 1.79 bits per heavy atom. The largest absolute Gasteiger partial charge is 0.310 e. The molecule has 0 fully saturated rings. The summed E-state index contributed by atoms with van der Waals surface area (Å²) in [6, 6.07) is 70.9. The summed E-state index contributed by atoms with van der Waals surface area (Å²) in [6.45, 7) is 0. The molecule has 0 aliphatic rings. The summed E-state index contributed by atoms with van der Waals surface area (Å²) in [6.07, 6.45) is 0. The second kappa shape index (κ2) is 11.3. The molecule has 0 unspecified atom stereocenters. The Bertz CT molecular complexity index is 3080. The Morgan fingerprint density at radius 2 is 0.962 bits per heavy atom. The number of hydrogen-bond acceptors (Lipinski definition) is 1. The van der Waals surface area contributed by atoms with E-state index in [4.69, 9.17) is 0 Å². The number of rotatable bonds is 5. The minimum absolute atomic E-state index is 1.12. The van der Waals surface area contributed by atoms with E-state index in [0.717, 1.165) is 17.1 Å². The van der Waals surface area contributed by atoms with Crippen molar-refractivity contribution in [1.82, 2.24) is 4.57 Å². The van der Waals surface area contributed by atoms with Crippen LogP contribution in [-0.2, 0) is 0 Å². The summed E-state index contributed by atoms with van der Waals surface area (Å²) < 4.78 is 2.44. The van der Waals surface area contributed by atoms with Gasteiger partial charge in [0, 0.05) is 33.2 Å². The zero-order valence-corrected chi connectivity index (χ0v) is 28.4. The number of nitrogens with zero attached hydrogens (tertiary/aromatic N) is 2. The number of fused-ring (bicyclic) bond motifs is 5. The van der Waals surface area contributed by atoms with Gasteiger partial charge in [-0.1, -0.05) is 133 Å². The molecule has 2 heteroatoms. The number of hydrogen-bond donors (Lipinski definition) is 0.